The van der Waals surface area contributed by atoms with Crippen LogP contribution in [0.25, 0.3) is 0 Å². The molecule has 0 amide bonds. The highest BCUT2D eigenvalue weighted by Crippen LogP contribution is 2.30. The zero-order chi connectivity index (χ0) is 13.7. The summed E-state index contributed by atoms with van der Waals surface area (Å²) >= 11 is 0. The maximum Gasteiger partial charge on any atom is 0.332 e. The number of anilines is 1. The molecule has 0 saturated heterocycles. The predicted octanol–water partition coefficient (Wildman–Crippen LogP) is 1.96. The fourth-order valence-electron chi connectivity index (χ4n) is 1.11. The third kappa shape index (κ3) is 3.63. The number of benzene rings is 1. The molecule has 1 rings (SSSR count). The summed E-state index contributed by atoms with van der Waals surface area (Å²) in [6, 6.07) is 2.71. The molecule has 98 valence electrons. The van der Waals surface area contributed by atoms with Crippen molar-refractivity contribution in [1.82, 2.24) is 0 Å². The van der Waals surface area contributed by atoms with Gasteiger partial charge in [0.25, 0.3) is 12.1 Å². The molecule has 18 heavy (non-hydrogen) atoms. The number of nitro groups is 1. The average molecular weight is 262 g/mol. The summed E-state index contributed by atoms with van der Waals surface area (Å²) in [6.07, 6.45) is -2.96. The molecule has 0 aliphatic rings. The van der Waals surface area contributed by atoms with Crippen molar-refractivity contribution < 1.29 is 28.4 Å². The number of aliphatic carboxylic acids is 1. The number of nitro benzene ring substituents is 1. The van der Waals surface area contributed by atoms with Crippen LogP contribution >= 0.6 is 0 Å². The smallest absolute Gasteiger partial charge is 0.332 e. The lowest BCUT2D eigenvalue weighted by molar-refractivity contribution is -0.385. The van der Waals surface area contributed by atoms with E-state index in [0.29, 0.717) is 6.07 Å². The molecule has 2 N–H and O–H groups in total. The van der Waals surface area contributed by atoms with Crippen LogP contribution in [0.5, 0.6) is 0 Å². The molecule has 1 aromatic rings. The van der Waals surface area contributed by atoms with Crippen molar-refractivity contribution in [1.29, 1.82) is 0 Å². The fraction of sp³-hybridized carbons (Fsp3) is 0.222. The molecule has 0 atom stereocenters. The van der Waals surface area contributed by atoms with Crippen LogP contribution in [0.4, 0.5) is 20.2 Å². The molecule has 9 heteroatoms. The zero-order valence-electron chi connectivity index (χ0n) is 8.80. The van der Waals surface area contributed by atoms with E-state index in [1.165, 1.54) is 0 Å². The monoisotopic (exact) mass is 262 g/mol. The average Bonchev–Trinajstić information content (AvgIpc) is 2.28. The molecular formula is C9H8F2N2O5. The second-order valence-corrected chi connectivity index (χ2v) is 3.11. The molecule has 0 spiro atoms. The molecule has 0 unspecified atom stereocenters. The van der Waals surface area contributed by atoms with Crippen LogP contribution in [-0.2, 0) is 9.63 Å². The van der Waals surface area contributed by atoms with E-state index in [2.05, 4.69) is 4.84 Å². The molecule has 1 aromatic carbocycles. The number of non-ortho nitro benzene ring substituents is 1. The first kappa shape index (κ1) is 13.8. The highest BCUT2D eigenvalue weighted by molar-refractivity contribution is 5.68. The Kier molecular flexibility index (Phi) is 4.49. The van der Waals surface area contributed by atoms with E-state index in [9.17, 15) is 23.7 Å². The van der Waals surface area contributed by atoms with Gasteiger partial charge in [-0.15, -0.1) is 0 Å². The molecule has 0 saturated carbocycles. The van der Waals surface area contributed by atoms with E-state index in [1.54, 1.807) is 0 Å². The van der Waals surface area contributed by atoms with Gasteiger partial charge in [-0.2, -0.15) is 0 Å². The summed E-state index contributed by atoms with van der Waals surface area (Å²) in [7, 11) is 0. The van der Waals surface area contributed by atoms with E-state index in [4.69, 9.17) is 5.11 Å². The zero-order valence-corrected chi connectivity index (χ0v) is 8.80. The van der Waals surface area contributed by atoms with E-state index >= 15 is 0 Å². The lowest BCUT2D eigenvalue weighted by Gasteiger charge is -2.10. The van der Waals surface area contributed by atoms with Crippen LogP contribution in [0.1, 0.15) is 12.0 Å². The van der Waals surface area contributed by atoms with Crippen molar-refractivity contribution in [3.63, 3.8) is 0 Å². The lowest BCUT2D eigenvalue weighted by atomic mass is 10.1. The normalized spacial score (nSPS) is 10.4. The van der Waals surface area contributed by atoms with Gasteiger partial charge in [-0.1, -0.05) is 0 Å². The van der Waals surface area contributed by atoms with Crippen LogP contribution in [0.3, 0.4) is 0 Å². The third-order valence-electron chi connectivity index (χ3n) is 1.86. The molecule has 0 aliphatic heterocycles. The number of nitrogens with one attached hydrogen (secondary N) is 1. The Morgan fingerprint density at radius 2 is 2.22 bits per heavy atom. The molecular weight excluding hydrogens is 254 g/mol. The van der Waals surface area contributed by atoms with Gasteiger partial charge in [0.2, 0.25) is 0 Å². The minimum Gasteiger partial charge on any atom is -0.479 e. The van der Waals surface area contributed by atoms with Crippen molar-refractivity contribution in [2.45, 2.75) is 6.43 Å². The van der Waals surface area contributed by atoms with Crippen molar-refractivity contribution in [3.05, 3.63) is 33.9 Å². The predicted molar refractivity (Wildman–Crippen MR) is 55.3 cm³/mol. The number of nitrogens with zero attached hydrogens (tertiary/aromatic N) is 1. The standard InChI is InChI=1S/C9H8F2N2O5/c10-9(11)6-3-5(13(16)17)1-2-7(6)12-18-4-8(14)15/h1-3,9,12H,4H2,(H,14,15). The van der Waals surface area contributed by atoms with E-state index in [-0.39, 0.29) is 5.69 Å². The summed E-state index contributed by atoms with van der Waals surface area (Å²) in [5, 5.41) is 18.7. The van der Waals surface area contributed by atoms with Gasteiger partial charge in [-0.05, 0) is 6.07 Å². The Morgan fingerprint density at radius 3 is 2.72 bits per heavy atom. The summed E-state index contributed by atoms with van der Waals surface area (Å²) in [5.41, 5.74) is 0.648. The quantitative estimate of drug-likeness (QED) is 0.600. The Hall–Kier alpha value is -2.29. The number of rotatable bonds is 6. The van der Waals surface area contributed by atoms with Crippen molar-refractivity contribution in [2.75, 3.05) is 12.1 Å². The van der Waals surface area contributed by atoms with Crippen LogP contribution in [0.2, 0.25) is 0 Å². The maximum atomic E-state index is 12.6. The number of carboxylic acid groups (broad SMARTS) is 1. The van der Waals surface area contributed by atoms with Gasteiger partial charge >= 0.3 is 5.97 Å². The van der Waals surface area contributed by atoms with E-state index < -0.39 is 35.2 Å². The van der Waals surface area contributed by atoms with Gasteiger partial charge in [-0.25, -0.2) is 13.6 Å². The summed E-state index contributed by atoms with van der Waals surface area (Å²) in [6.45, 7) is -0.736. The van der Waals surface area contributed by atoms with Crippen LogP contribution in [-0.4, -0.2) is 22.6 Å². The van der Waals surface area contributed by atoms with Crippen LogP contribution in [0, 0.1) is 10.1 Å². The number of alkyl halides is 2. The van der Waals surface area contributed by atoms with Crippen LogP contribution in [0.15, 0.2) is 18.2 Å². The lowest BCUT2D eigenvalue weighted by Crippen LogP contribution is -2.12. The highest BCUT2D eigenvalue weighted by Gasteiger charge is 2.18. The summed E-state index contributed by atoms with van der Waals surface area (Å²) in [5.74, 6) is -1.29. The van der Waals surface area contributed by atoms with Gasteiger partial charge in [0.1, 0.15) is 0 Å². The Morgan fingerprint density at radius 1 is 1.56 bits per heavy atom. The van der Waals surface area contributed by atoms with Gasteiger partial charge in [0.05, 0.1) is 10.6 Å². The molecule has 7 nitrogen and oxygen atoms in total. The number of carbonyl (C=O) groups is 1. The highest BCUT2D eigenvalue weighted by atomic mass is 19.3. The van der Waals surface area contributed by atoms with Crippen molar-refractivity contribution in [3.8, 4) is 0 Å². The first-order valence-electron chi connectivity index (χ1n) is 4.58. The number of carboxylic acids is 1. The molecule has 0 aliphatic carbocycles. The van der Waals surface area contributed by atoms with E-state index in [1.807, 2.05) is 5.48 Å². The Bertz CT molecular complexity index is 466. The van der Waals surface area contributed by atoms with Gasteiger partial charge in [-0.3, -0.25) is 20.4 Å². The summed E-state index contributed by atoms with van der Waals surface area (Å²) in [4.78, 5) is 24.2. The molecule has 0 heterocycles. The topological polar surface area (TPSA) is 102 Å². The third-order valence-corrected chi connectivity index (χ3v) is 1.86. The minimum atomic E-state index is -2.96. The van der Waals surface area contributed by atoms with Gasteiger partial charge < -0.3 is 5.11 Å². The van der Waals surface area contributed by atoms with E-state index in [0.717, 1.165) is 12.1 Å². The number of hydrogen-bond acceptors (Lipinski definition) is 5. The molecule has 0 radical (unpaired) electrons. The number of hydrogen-bond donors (Lipinski definition) is 2. The molecule has 0 bridgehead atoms. The van der Waals surface area contributed by atoms with Gasteiger partial charge in [0, 0.05) is 17.7 Å². The second kappa shape index (κ2) is 5.87. The number of halogens is 2. The Balaban J connectivity index is 2.90. The largest absolute Gasteiger partial charge is 0.479 e. The van der Waals surface area contributed by atoms with Crippen molar-refractivity contribution in [2.24, 2.45) is 0 Å². The first-order chi connectivity index (χ1) is 8.41. The van der Waals surface area contributed by atoms with Gasteiger partial charge in [0.15, 0.2) is 6.61 Å². The van der Waals surface area contributed by atoms with Crippen molar-refractivity contribution >= 4 is 17.3 Å². The fourth-order valence-corrected chi connectivity index (χ4v) is 1.11. The SMILES string of the molecule is O=C(O)CONc1ccc([N+](=O)[O-])cc1C(F)F. The maximum absolute atomic E-state index is 12.6. The summed E-state index contributed by atoms with van der Waals surface area (Å²) < 4.78 is 25.2. The second-order valence-electron chi connectivity index (χ2n) is 3.11. The molecule has 0 aromatic heterocycles. The first-order valence-corrected chi connectivity index (χ1v) is 4.58. The Labute approximate surface area is 99.1 Å². The van der Waals surface area contributed by atoms with Crippen LogP contribution < -0.4 is 5.48 Å². The minimum absolute atomic E-state index is 0.225. The molecule has 0 fully saturated rings.